The fourth-order valence-electron chi connectivity index (χ4n) is 1.76. The van der Waals surface area contributed by atoms with Crippen LogP contribution in [0.3, 0.4) is 0 Å². The maximum absolute atomic E-state index is 12.0. The molecule has 0 aliphatic rings. The molecule has 0 bridgehead atoms. The van der Waals surface area contributed by atoms with Gasteiger partial charge in [-0.25, -0.2) is 8.42 Å². The van der Waals surface area contributed by atoms with Gasteiger partial charge in [-0.15, -0.1) is 0 Å². The summed E-state index contributed by atoms with van der Waals surface area (Å²) in [5, 5.41) is 1.89. The maximum atomic E-state index is 12.0. The Morgan fingerprint density at radius 1 is 1.06 bits per heavy atom. The van der Waals surface area contributed by atoms with Crippen LogP contribution >= 0.6 is 0 Å². The number of hydrogen-bond acceptors (Lipinski definition) is 3. The highest BCUT2D eigenvalue weighted by Crippen LogP contribution is 2.20. The van der Waals surface area contributed by atoms with E-state index in [0.29, 0.717) is 0 Å². The van der Waals surface area contributed by atoms with E-state index < -0.39 is 9.84 Å². The fourth-order valence-corrected chi connectivity index (χ4v) is 3.13. The molecular formula is C14H14O3S. The standard InChI is InChI=1S/C14H14O3S/c1-11(15)8-9-18(16,17)14-7-6-12-4-2-3-5-13(12)10-14/h2-7,10H,8-9H2,1H3. The number of fused-ring (bicyclic) bond motifs is 1. The molecule has 0 heterocycles. The van der Waals surface area contributed by atoms with Gasteiger partial charge in [0.05, 0.1) is 10.6 Å². The van der Waals surface area contributed by atoms with Gasteiger partial charge in [0.25, 0.3) is 0 Å². The van der Waals surface area contributed by atoms with Crippen LogP contribution in [0.4, 0.5) is 0 Å². The number of rotatable bonds is 4. The Morgan fingerprint density at radius 2 is 1.72 bits per heavy atom. The first-order chi connectivity index (χ1) is 8.49. The van der Waals surface area contributed by atoms with E-state index in [4.69, 9.17) is 0 Å². The molecular weight excluding hydrogens is 248 g/mol. The van der Waals surface area contributed by atoms with Gasteiger partial charge in [-0.2, -0.15) is 0 Å². The molecule has 2 aromatic rings. The smallest absolute Gasteiger partial charge is 0.178 e. The zero-order chi connectivity index (χ0) is 13.2. The topological polar surface area (TPSA) is 51.2 Å². The molecule has 0 radical (unpaired) electrons. The van der Waals surface area contributed by atoms with Gasteiger partial charge in [0.15, 0.2) is 9.84 Å². The lowest BCUT2D eigenvalue weighted by atomic mass is 10.1. The van der Waals surface area contributed by atoms with E-state index in [1.165, 1.54) is 6.92 Å². The molecule has 0 spiro atoms. The normalized spacial score (nSPS) is 11.6. The van der Waals surface area contributed by atoms with Gasteiger partial charge >= 0.3 is 0 Å². The van der Waals surface area contributed by atoms with Crippen molar-refractivity contribution in [3.05, 3.63) is 42.5 Å². The van der Waals surface area contributed by atoms with Gasteiger partial charge in [-0.05, 0) is 29.8 Å². The predicted octanol–water partition coefficient (Wildman–Crippen LogP) is 2.59. The van der Waals surface area contributed by atoms with Crippen molar-refractivity contribution in [2.75, 3.05) is 5.75 Å². The number of sulfone groups is 1. The van der Waals surface area contributed by atoms with E-state index in [1.807, 2.05) is 24.3 Å². The molecule has 0 fully saturated rings. The molecule has 4 heteroatoms. The molecule has 2 aromatic carbocycles. The summed E-state index contributed by atoms with van der Waals surface area (Å²) < 4.78 is 24.1. The summed E-state index contributed by atoms with van der Waals surface area (Å²) in [7, 11) is -3.37. The van der Waals surface area contributed by atoms with Crippen LogP contribution in [0.1, 0.15) is 13.3 Å². The van der Waals surface area contributed by atoms with Crippen molar-refractivity contribution >= 4 is 26.4 Å². The highest BCUT2D eigenvalue weighted by Gasteiger charge is 2.15. The minimum absolute atomic E-state index is 0.0646. The van der Waals surface area contributed by atoms with Crippen molar-refractivity contribution in [1.82, 2.24) is 0 Å². The number of benzene rings is 2. The fraction of sp³-hybridized carbons (Fsp3) is 0.214. The van der Waals surface area contributed by atoms with E-state index in [2.05, 4.69) is 0 Å². The van der Waals surface area contributed by atoms with Crippen molar-refractivity contribution < 1.29 is 13.2 Å². The summed E-state index contributed by atoms with van der Waals surface area (Å²) in [6, 6.07) is 12.6. The molecule has 0 aliphatic heterocycles. The van der Waals surface area contributed by atoms with Gasteiger partial charge in [0.1, 0.15) is 5.78 Å². The lowest BCUT2D eigenvalue weighted by Gasteiger charge is -2.05. The summed E-state index contributed by atoms with van der Waals surface area (Å²) in [6.07, 6.45) is 0.0646. The van der Waals surface area contributed by atoms with Gasteiger partial charge in [0.2, 0.25) is 0 Å². The minimum Gasteiger partial charge on any atom is -0.300 e. The predicted molar refractivity (Wildman–Crippen MR) is 71.3 cm³/mol. The molecule has 0 aliphatic carbocycles. The third-order valence-electron chi connectivity index (χ3n) is 2.80. The van der Waals surface area contributed by atoms with Crippen LogP contribution in [0, 0.1) is 0 Å². The van der Waals surface area contributed by atoms with Crippen LogP contribution in [0.25, 0.3) is 10.8 Å². The van der Waals surface area contributed by atoms with Crippen molar-refractivity contribution in [3.8, 4) is 0 Å². The van der Waals surface area contributed by atoms with Crippen molar-refractivity contribution in [2.45, 2.75) is 18.2 Å². The summed E-state index contributed by atoms with van der Waals surface area (Å²) >= 11 is 0. The van der Waals surface area contributed by atoms with E-state index in [-0.39, 0.29) is 22.9 Å². The van der Waals surface area contributed by atoms with E-state index >= 15 is 0 Å². The largest absolute Gasteiger partial charge is 0.300 e. The van der Waals surface area contributed by atoms with Crippen LogP contribution in [0.2, 0.25) is 0 Å². The molecule has 0 atom stereocenters. The average Bonchev–Trinajstić information content (AvgIpc) is 2.36. The Labute approximate surface area is 106 Å². The molecule has 2 rings (SSSR count). The van der Waals surface area contributed by atoms with E-state index in [1.54, 1.807) is 18.2 Å². The average molecular weight is 262 g/mol. The molecule has 18 heavy (non-hydrogen) atoms. The Kier molecular flexibility index (Phi) is 3.48. The lowest BCUT2D eigenvalue weighted by Crippen LogP contribution is -2.09. The number of carbonyl (C=O) groups is 1. The van der Waals surface area contributed by atoms with Crippen molar-refractivity contribution in [3.63, 3.8) is 0 Å². The highest BCUT2D eigenvalue weighted by atomic mass is 32.2. The van der Waals surface area contributed by atoms with Crippen LogP contribution in [0.15, 0.2) is 47.4 Å². The number of hydrogen-bond donors (Lipinski definition) is 0. The molecule has 0 aromatic heterocycles. The molecule has 0 saturated carbocycles. The third-order valence-corrected chi connectivity index (χ3v) is 4.52. The number of carbonyl (C=O) groups excluding carboxylic acids is 1. The summed E-state index contributed by atoms with van der Waals surface area (Å²) in [5.41, 5.74) is 0. The number of ketones is 1. The molecule has 0 unspecified atom stereocenters. The summed E-state index contributed by atoms with van der Waals surface area (Å²) in [5.74, 6) is -0.236. The van der Waals surface area contributed by atoms with Gasteiger partial charge in [-0.1, -0.05) is 30.3 Å². The molecule has 0 N–H and O–H groups in total. The molecule has 3 nitrogen and oxygen atoms in total. The lowest BCUT2D eigenvalue weighted by molar-refractivity contribution is -0.116. The highest BCUT2D eigenvalue weighted by molar-refractivity contribution is 7.91. The van der Waals surface area contributed by atoms with Gasteiger partial charge in [-0.3, -0.25) is 4.79 Å². The molecule has 94 valence electrons. The molecule has 0 saturated heterocycles. The summed E-state index contributed by atoms with van der Waals surface area (Å²) in [4.78, 5) is 11.1. The number of Topliss-reactive ketones (excluding diaryl/α,β-unsaturated/α-hetero) is 1. The first kappa shape index (κ1) is 12.8. The Morgan fingerprint density at radius 3 is 2.39 bits per heavy atom. The second kappa shape index (κ2) is 4.90. The van der Waals surface area contributed by atoms with Gasteiger partial charge < -0.3 is 0 Å². The maximum Gasteiger partial charge on any atom is 0.178 e. The van der Waals surface area contributed by atoms with Crippen molar-refractivity contribution in [1.29, 1.82) is 0 Å². The quantitative estimate of drug-likeness (QED) is 0.851. The zero-order valence-electron chi connectivity index (χ0n) is 10.1. The monoisotopic (exact) mass is 262 g/mol. The van der Waals surface area contributed by atoms with Gasteiger partial charge in [0, 0.05) is 6.42 Å². The minimum atomic E-state index is -3.37. The van der Waals surface area contributed by atoms with Crippen LogP contribution in [-0.2, 0) is 14.6 Å². The van der Waals surface area contributed by atoms with E-state index in [0.717, 1.165) is 10.8 Å². The van der Waals surface area contributed by atoms with E-state index in [9.17, 15) is 13.2 Å². The Hall–Kier alpha value is -1.68. The third kappa shape index (κ3) is 2.76. The Bertz CT molecular complexity index is 687. The zero-order valence-corrected chi connectivity index (χ0v) is 10.9. The molecule has 0 amide bonds. The summed E-state index contributed by atoms with van der Waals surface area (Å²) in [6.45, 7) is 1.40. The first-order valence-corrected chi connectivity index (χ1v) is 7.35. The second-order valence-corrected chi connectivity index (χ2v) is 6.39. The second-order valence-electron chi connectivity index (χ2n) is 4.28. The van der Waals surface area contributed by atoms with Crippen LogP contribution in [0.5, 0.6) is 0 Å². The SMILES string of the molecule is CC(=O)CCS(=O)(=O)c1ccc2ccccc2c1. The Balaban J connectivity index is 2.38. The van der Waals surface area contributed by atoms with Crippen molar-refractivity contribution in [2.24, 2.45) is 0 Å². The van der Waals surface area contributed by atoms with Crippen LogP contribution < -0.4 is 0 Å². The first-order valence-electron chi connectivity index (χ1n) is 5.70. The van der Waals surface area contributed by atoms with Crippen LogP contribution in [-0.4, -0.2) is 20.0 Å².